The van der Waals surface area contributed by atoms with Gasteiger partial charge in [0.1, 0.15) is 5.75 Å². The number of ether oxygens (including phenoxy) is 1. The summed E-state index contributed by atoms with van der Waals surface area (Å²) in [7, 11) is 1.61. The summed E-state index contributed by atoms with van der Waals surface area (Å²) in [6.45, 7) is 0. The van der Waals surface area contributed by atoms with Gasteiger partial charge in [-0.2, -0.15) is 0 Å². The van der Waals surface area contributed by atoms with E-state index in [9.17, 15) is 4.79 Å². The molecule has 0 spiro atoms. The lowest BCUT2D eigenvalue weighted by Crippen LogP contribution is -2.13. The van der Waals surface area contributed by atoms with Crippen molar-refractivity contribution < 1.29 is 13.9 Å². The second-order valence-corrected chi connectivity index (χ2v) is 5.95. The summed E-state index contributed by atoms with van der Waals surface area (Å²) in [5, 5.41) is 11.2. The fraction of sp³-hybridized carbons (Fsp3) is 0.211. The van der Waals surface area contributed by atoms with Gasteiger partial charge in [0.15, 0.2) is 0 Å². The maximum absolute atomic E-state index is 12.1. The van der Waals surface area contributed by atoms with Crippen LogP contribution >= 0.6 is 0 Å². The Hall–Kier alpha value is -3.15. The molecule has 1 N–H and O–H groups in total. The fourth-order valence-electron chi connectivity index (χ4n) is 2.56. The third-order valence-electron chi connectivity index (χ3n) is 4.11. The van der Waals surface area contributed by atoms with E-state index >= 15 is 0 Å². The number of carbonyl (C=O) groups excluding carboxylic acids is 1. The molecule has 4 rings (SSSR count). The van der Waals surface area contributed by atoms with Crippen molar-refractivity contribution in [3.05, 3.63) is 48.5 Å². The van der Waals surface area contributed by atoms with Gasteiger partial charge in [-0.05, 0) is 43.2 Å². The molecule has 0 saturated heterocycles. The lowest BCUT2D eigenvalue weighted by atomic mass is 10.1. The van der Waals surface area contributed by atoms with Crippen molar-refractivity contribution in [2.24, 2.45) is 5.92 Å². The fourth-order valence-corrected chi connectivity index (χ4v) is 2.56. The number of aromatic nitrogens is 2. The van der Waals surface area contributed by atoms with Crippen LogP contribution in [0.1, 0.15) is 12.8 Å². The number of rotatable bonds is 5. The summed E-state index contributed by atoms with van der Waals surface area (Å²) < 4.78 is 11.0. The number of hydrogen-bond acceptors (Lipinski definition) is 5. The molecule has 0 bridgehead atoms. The van der Waals surface area contributed by atoms with Crippen molar-refractivity contribution in [1.29, 1.82) is 0 Å². The highest BCUT2D eigenvalue weighted by atomic mass is 16.5. The molecule has 1 aromatic heterocycles. The minimum Gasteiger partial charge on any atom is -0.497 e. The summed E-state index contributed by atoms with van der Waals surface area (Å²) in [5.41, 5.74) is 2.16. The van der Waals surface area contributed by atoms with Crippen molar-refractivity contribution in [3.8, 4) is 28.7 Å². The quantitative estimate of drug-likeness (QED) is 0.768. The number of methoxy groups -OCH3 is 1. The van der Waals surface area contributed by atoms with Crippen molar-refractivity contribution in [3.63, 3.8) is 0 Å². The first-order valence-corrected chi connectivity index (χ1v) is 8.13. The maximum Gasteiger partial charge on any atom is 0.250 e. The molecule has 0 atom stereocenters. The molecule has 6 nitrogen and oxygen atoms in total. The van der Waals surface area contributed by atoms with Crippen LogP contribution < -0.4 is 10.1 Å². The molecular formula is C19H17N3O3. The van der Waals surface area contributed by atoms with Crippen LogP contribution in [-0.4, -0.2) is 23.2 Å². The van der Waals surface area contributed by atoms with E-state index in [0.717, 1.165) is 18.4 Å². The Morgan fingerprint density at radius 2 is 1.92 bits per heavy atom. The molecule has 3 aromatic rings. The number of anilines is 1. The Morgan fingerprint density at radius 1 is 1.12 bits per heavy atom. The summed E-state index contributed by atoms with van der Waals surface area (Å²) in [5.74, 6) is 1.65. The third kappa shape index (κ3) is 3.24. The zero-order valence-corrected chi connectivity index (χ0v) is 13.7. The highest BCUT2D eigenvalue weighted by molar-refractivity contribution is 5.97. The summed E-state index contributed by atoms with van der Waals surface area (Å²) in [6.07, 6.45) is 1.91. The molecule has 1 amide bonds. The van der Waals surface area contributed by atoms with E-state index in [1.54, 1.807) is 7.11 Å². The first-order chi connectivity index (χ1) is 12.2. The second kappa shape index (κ2) is 6.39. The molecule has 1 aliphatic rings. The standard InChI is InChI=1S/C19H17N3O3/c1-24-14-6-4-5-13(11-14)18-21-22-19(25-18)15-7-2-3-8-16(15)20-17(23)12-9-10-12/h2-8,11-12H,9-10H2,1H3,(H,20,23). The van der Waals surface area contributed by atoms with E-state index in [4.69, 9.17) is 9.15 Å². The van der Waals surface area contributed by atoms with E-state index in [0.29, 0.717) is 28.8 Å². The Bertz CT molecular complexity index is 916. The predicted octanol–water partition coefficient (Wildman–Crippen LogP) is 3.76. The number of hydrogen-bond donors (Lipinski definition) is 1. The molecule has 0 unspecified atom stereocenters. The van der Waals surface area contributed by atoms with Crippen LogP contribution in [-0.2, 0) is 4.79 Å². The number of amides is 1. The van der Waals surface area contributed by atoms with Crippen molar-refractivity contribution >= 4 is 11.6 Å². The minimum absolute atomic E-state index is 0.0417. The number of benzene rings is 2. The topological polar surface area (TPSA) is 77.3 Å². The molecule has 1 heterocycles. The SMILES string of the molecule is COc1cccc(-c2nnc(-c3ccccc3NC(=O)C3CC3)o2)c1. The molecule has 0 radical (unpaired) electrons. The average molecular weight is 335 g/mol. The molecule has 25 heavy (non-hydrogen) atoms. The number of nitrogens with zero attached hydrogens (tertiary/aromatic N) is 2. The van der Waals surface area contributed by atoms with Gasteiger partial charge in [0.2, 0.25) is 17.7 Å². The molecule has 1 aliphatic carbocycles. The first-order valence-electron chi connectivity index (χ1n) is 8.13. The van der Waals surface area contributed by atoms with Crippen LogP contribution in [0.4, 0.5) is 5.69 Å². The Labute approximate surface area is 144 Å². The van der Waals surface area contributed by atoms with Gasteiger partial charge in [0, 0.05) is 11.5 Å². The highest BCUT2D eigenvalue weighted by Crippen LogP contribution is 2.33. The van der Waals surface area contributed by atoms with Crippen LogP contribution in [0.5, 0.6) is 5.75 Å². The molecule has 1 saturated carbocycles. The monoisotopic (exact) mass is 335 g/mol. The van der Waals surface area contributed by atoms with Gasteiger partial charge in [0.25, 0.3) is 0 Å². The van der Waals surface area contributed by atoms with Crippen molar-refractivity contribution in [2.45, 2.75) is 12.8 Å². The van der Waals surface area contributed by atoms with Gasteiger partial charge in [-0.3, -0.25) is 4.79 Å². The summed E-state index contributed by atoms with van der Waals surface area (Å²) >= 11 is 0. The zero-order chi connectivity index (χ0) is 17.2. The van der Waals surface area contributed by atoms with Gasteiger partial charge in [-0.1, -0.05) is 18.2 Å². The van der Waals surface area contributed by atoms with E-state index in [1.165, 1.54) is 0 Å². The van der Waals surface area contributed by atoms with E-state index in [1.807, 2.05) is 48.5 Å². The lowest BCUT2D eigenvalue weighted by molar-refractivity contribution is -0.117. The van der Waals surface area contributed by atoms with Gasteiger partial charge < -0.3 is 14.5 Å². The number of nitrogens with one attached hydrogen (secondary N) is 1. The van der Waals surface area contributed by atoms with E-state index in [-0.39, 0.29) is 11.8 Å². The van der Waals surface area contributed by atoms with Crippen LogP contribution in [0.2, 0.25) is 0 Å². The molecule has 126 valence electrons. The van der Waals surface area contributed by atoms with Gasteiger partial charge >= 0.3 is 0 Å². The van der Waals surface area contributed by atoms with Crippen LogP contribution in [0.3, 0.4) is 0 Å². The Kier molecular flexibility index (Phi) is 3.93. The third-order valence-corrected chi connectivity index (χ3v) is 4.11. The van der Waals surface area contributed by atoms with Gasteiger partial charge in [-0.15, -0.1) is 10.2 Å². The van der Waals surface area contributed by atoms with Crippen LogP contribution in [0, 0.1) is 5.92 Å². The predicted molar refractivity (Wildman–Crippen MR) is 93.1 cm³/mol. The number of para-hydroxylation sites is 1. The summed E-state index contributed by atoms with van der Waals surface area (Å²) in [6, 6.07) is 14.9. The van der Waals surface area contributed by atoms with Gasteiger partial charge in [-0.25, -0.2) is 0 Å². The smallest absolute Gasteiger partial charge is 0.250 e. The van der Waals surface area contributed by atoms with E-state index < -0.39 is 0 Å². The largest absolute Gasteiger partial charge is 0.497 e. The van der Waals surface area contributed by atoms with Crippen LogP contribution in [0.15, 0.2) is 52.9 Å². The highest BCUT2D eigenvalue weighted by Gasteiger charge is 2.30. The maximum atomic E-state index is 12.1. The van der Waals surface area contributed by atoms with Crippen molar-refractivity contribution in [1.82, 2.24) is 10.2 Å². The first kappa shape index (κ1) is 15.4. The number of carbonyl (C=O) groups is 1. The molecular weight excluding hydrogens is 318 g/mol. The second-order valence-electron chi connectivity index (χ2n) is 5.95. The Morgan fingerprint density at radius 3 is 2.72 bits per heavy atom. The molecule has 6 heteroatoms. The average Bonchev–Trinajstić information content (AvgIpc) is 3.40. The minimum atomic E-state index is 0.0417. The van der Waals surface area contributed by atoms with Gasteiger partial charge in [0.05, 0.1) is 18.4 Å². The van der Waals surface area contributed by atoms with E-state index in [2.05, 4.69) is 15.5 Å². The normalized spacial score (nSPS) is 13.5. The lowest BCUT2D eigenvalue weighted by Gasteiger charge is -2.07. The zero-order valence-electron chi connectivity index (χ0n) is 13.7. The van der Waals surface area contributed by atoms with Crippen LogP contribution in [0.25, 0.3) is 22.9 Å². The van der Waals surface area contributed by atoms with Crippen molar-refractivity contribution in [2.75, 3.05) is 12.4 Å². The summed E-state index contributed by atoms with van der Waals surface area (Å²) in [4.78, 5) is 12.1. The molecule has 1 fully saturated rings. The Balaban J connectivity index is 1.64. The molecule has 2 aromatic carbocycles. The molecule has 0 aliphatic heterocycles.